The highest BCUT2D eigenvalue weighted by Crippen LogP contribution is 2.19. The zero-order chi connectivity index (χ0) is 13.1. The van der Waals surface area contributed by atoms with Gasteiger partial charge in [0, 0.05) is 24.4 Å². The smallest absolute Gasteiger partial charge is 0.315 e. The van der Waals surface area contributed by atoms with Gasteiger partial charge in [-0.25, -0.2) is 4.98 Å². The molecule has 0 saturated heterocycles. The van der Waals surface area contributed by atoms with Crippen LogP contribution in [0.3, 0.4) is 0 Å². The quantitative estimate of drug-likeness (QED) is 0.804. The van der Waals surface area contributed by atoms with Gasteiger partial charge in [0.05, 0.1) is 17.2 Å². The summed E-state index contributed by atoms with van der Waals surface area (Å²) in [6, 6.07) is 1.13. The molecule has 0 atom stereocenters. The normalized spacial score (nSPS) is 14.8. The second kappa shape index (κ2) is 5.66. The molecule has 1 aliphatic carbocycles. The lowest BCUT2D eigenvalue weighted by Crippen LogP contribution is -2.15. The maximum Gasteiger partial charge on any atom is 0.315 e. The Kier molecular flexibility index (Phi) is 3.74. The van der Waals surface area contributed by atoms with Crippen molar-refractivity contribution in [2.45, 2.75) is 38.8 Å². The molecule has 0 bridgehead atoms. The summed E-state index contributed by atoms with van der Waals surface area (Å²) in [4.78, 5) is 4.40. The number of nitrogens with zero attached hydrogens (tertiary/aromatic N) is 3. The van der Waals surface area contributed by atoms with Crippen molar-refractivity contribution in [1.29, 1.82) is 0 Å². The maximum atomic E-state index is 5.49. The number of aryl methyl sites for hydroxylation is 1. The minimum atomic E-state index is 0.486. The van der Waals surface area contributed by atoms with Gasteiger partial charge in [0.1, 0.15) is 0 Å². The Bertz CT molecular complexity index is 534. The van der Waals surface area contributed by atoms with Crippen LogP contribution in [-0.2, 0) is 13.0 Å². The van der Waals surface area contributed by atoms with E-state index in [1.54, 1.807) is 11.3 Å². The highest BCUT2D eigenvalue weighted by molar-refractivity contribution is 7.09. The van der Waals surface area contributed by atoms with Gasteiger partial charge in [-0.05, 0) is 19.8 Å². The molecule has 2 aromatic heterocycles. The molecule has 19 heavy (non-hydrogen) atoms. The molecule has 102 valence electrons. The van der Waals surface area contributed by atoms with E-state index in [1.165, 1.54) is 12.8 Å². The third kappa shape index (κ3) is 3.74. The molecular weight excluding hydrogens is 262 g/mol. The van der Waals surface area contributed by atoms with Crippen molar-refractivity contribution in [2.75, 3.05) is 11.9 Å². The van der Waals surface area contributed by atoms with Gasteiger partial charge in [-0.2, -0.15) is 0 Å². The standard InChI is InChI=1S/C12H17N5OS/c1-8-15-10(7-19-8)4-5-13-12-17-16-11(18-12)6-14-9-2-3-9/h7,9,14H,2-6H2,1H3,(H,13,17). The number of rotatable bonds is 7. The van der Waals surface area contributed by atoms with Gasteiger partial charge in [-0.15, -0.1) is 16.4 Å². The lowest BCUT2D eigenvalue weighted by molar-refractivity contribution is 0.476. The predicted molar refractivity (Wildman–Crippen MR) is 73.2 cm³/mol. The summed E-state index contributed by atoms with van der Waals surface area (Å²) in [5.41, 5.74) is 1.10. The zero-order valence-corrected chi connectivity index (χ0v) is 11.7. The van der Waals surface area contributed by atoms with Crippen LogP contribution in [0.2, 0.25) is 0 Å². The molecular formula is C12H17N5OS. The van der Waals surface area contributed by atoms with E-state index in [1.807, 2.05) is 6.92 Å². The molecule has 1 aliphatic rings. The van der Waals surface area contributed by atoms with Crippen molar-refractivity contribution in [3.8, 4) is 0 Å². The number of nitrogens with one attached hydrogen (secondary N) is 2. The van der Waals surface area contributed by atoms with Gasteiger partial charge >= 0.3 is 6.01 Å². The predicted octanol–water partition coefficient (Wildman–Crippen LogP) is 1.74. The first-order chi connectivity index (χ1) is 9.29. The van der Waals surface area contributed by atoms with E-state index in [0.717, 1.165) is 23.7 Å². The molecule has 0 unspecified atom stereocenters. The third-order valence-electron chi connectivity index (χ3n) is 2.91. The molecule has 0 spiro atoms. The van der Waals surface area contributed by atoms with Crippen molar-refractivity contribution in [2.24, 2.45) is 0 Å². The summed E-state index contributed by atoms with van der Waals surface area (Å²) in [5.74, 6) is 0.638. The lowest BCUT2D eigenvalue weighted by Gasteiger charge is -1.99. The molecule has 0 aliphatic heterocycles. The van der Waals surface area contributed by atoms with Gasteiger partial charge in [0.25, 0.3) is 0 Å². The SMILES string of the molecule is Cc1nc(CCNc2nnc(CNC3CC3)o2)cs1. The molecule has 2 N–H and O–H groups in total. The first-order valence-electron chi connectivity index (χ1n) is 6.50. The van der Waals surface area contributed by atoms with E-state index in [0.29, 0.717) is 24.5 Å². The molecule has 6 nitrogen and oxygen atoms in total. The van der Waals surface area contributed by atoms with Crippen LogP contribution in [0.4, 0.5) is 6.01 Å². The van der Waals surface area contributed by atoms with Crippen molar-refractivity contribution in [3.05, 3.63) is 22.0 Å². The largest absolute Gasteiger partial charge is 0.407 e. The Morgan fingerprint density at radius 3 is 3.05 bits per heavy atom. The summed E-state index contributed by atoms with van der Waals surface area (Å²) in [5, 5.41) is 17.6. The van der Waals surface area contributed by atoms with Gasteiger partial charge in [-0.3, -0.25) is 0 Å². The minimum Gasteiger partial charge on any atom is -0.407 e. The first-order valence-corrected chi connectivity index (χ1v) is 7.38. The highest BCUT2D eigenvalue weighted by atomic mass is 32.1. The van der Waals surface area contributed by atoms with E-state index < -0.39 is 0 Å². The Morgan fingerprint density at radius 1 is 1.42 bits per heavy atom. The van der Waals surface area contributed by atoms with Crippen molar-refractivity contribution in [1.82, 2.24) is 20.5 Å². The van der Waals surface area contributed by atoms with Crippen LogP contribution in [0.5, 0.6) is 0 Å². The third-order valence-corrected chi connectivity index (χ3v) is 3.73. The first kappa shape index (κ1) is 12.6. The zero-order valence-electron chi connectivity index (χ0n) is 10.8. The maximum absolute atomic E-state index is 5.49. The number of hydrogen-bond acceptors (Lipinski definition) is 7. The highest BCUT2D eigenvalue weighted by Gasteiger charge is 2.21. The van der Waals surface area contributed by atoms with Gasteiger partial charge < -0.3 is 15.1 Å². The van der Waals surface area contributed by atoms with Crippen LogP contribution >= 0.6 is 11.3 Å². The van der Waals surface area contributed by atoms with E-state index in [4.69, 9.17) is 4.42 Å². The molecule has 7 heteroatoms. The summed E-state index contributed by atoms with van der Waals surface area (Å²) in [7, 11) is 0. The van der Waals surface area contributed by atoms with E-state index >= 15 is 0 Å². The molecule has 1 fully saturated rings. The van der Waals surface area contributed by atoms with Crippen molar-refractivity contribution < 1.29 is 4.42 Å². The van der Waals surface area contributed by atoms with E-state index in [2.05, 4.69) is 31.2 Å². The molecule has 2 aromatic rings. The molecule has 2 heterocycles. The van der Waals surface area contributed by atoms with E-state index in [9.17, 15) is 0 Å². The second-order valence-corrected chi connectivity index (χ2v) is 5.75. The van der Waals surface area contributed by atoms with Gasteiger partial charge in [-0.1, -0.05) is 5.10 Å². The fourth-order valence-corrected chi connectivity index (χ4v) is 2.38. The van der Waals surface area contributed by atoms with Crippen molar-refractivity contribution >= 4 is 17.4 Å². The van der Waals surface area contributed by atoms with Crippen LogP contribution in [-0.4, -0.2) is 27.8 Å². The molecule has 1 saturated carbocycles. The van der Waals surface area contributed by atoms with Gasteiger partial charge in [0.2, 0.25) is 5.89 Å². The summed E-state index contributed by atoms with van der Waals surface area (Å²) in [6.45, 7) is 3.42. The molecule has 0 radical (unpaired) electrons. The molecule has 0 amide bonds. The fraction of sp³-hybridized carbons (Fsp3) is 0.583. The Hall–Kier alpha value is -1.47. The monoisotopic (exact) mass is 279 g/mol. The second-order valence-electron chi connectivity index (χ2n) is 4.69. The Morgan fingerprint density at radius 2 is 2.32 bits per heavy atom. The topological polar surface area (TPSA) is 75.9 Å². The van der Waals surface area contributed by atoms with Crippen LogP contribution in [0, 0.1) is 6.92 Å². The number of aromatic nitrogens is 3. The Labute approximate surface area is 115 Å². The number of thiazole rings is 1. The van der Waals surface area contributed by atoms with Crippen molar-refractivity contribution in [3.63, 3.8) is 0 Å². The number of anilines is 1. The summed E-state index contributed by atoms with van der Waals surface area (Å²) >= 11 is 1.67. The Balaban J connectivity index is 1.41. The average molecular weight is 279 g/mol. The lowest BCUT2D eigenvalue weighted by atomic mass is 10.3. The summed E-state index contributed by atoms with van der Waals surface area (Å²) in [6.07, 6.45) is 3.38. The van der Waals surface area contributed by atoms with E-state index in [-0.39, 0.29) is 0 Å². The molecule has 0 aromatic carbocycles. The fourth-order valence-electron chi connectivity index (χ4n) is 1.74. The van der Waals surface area contributed by atoms with Crippen LogP contribution in [0.15, 0.2) is 9.80 Å². The average Bonchev–Trinajstić information content (AvgIpc) is 2.97. The van der Waals surface area contributed by atoms with Gasteiger partial charge in [0.15, 0.2) is 0 Å². The molecule has 3 rings (SSSR count). The van der Waals surface area contributed by atoms with Crippen LogP contribution in [0.1, 0.15) is 29.4 Å². The van der Waals surface area contributed by atoms with Crippen LogP contribution < -0.4 is 10.6 Å². The summed E-state index contributed by atoms with van der Waals surface area (Å²) < 4.78 is 5.49. The van der Waals surface area contributed by atoms with Crippen LogP contribution in [0.25, 0.3) is 0 Å². The minimum absolute atomic E-state index is 0.486. The number of hydrogen-bond donors (Lipinski definition) is 2.